The smallest absolute Gasteiger partial charge is 0.251 e. The Morgan fingerprint density at radius 2 is 1.87 bits per heavy atom. The molecule has 0 bridgehead atoms. The van der Waals surface area contributed by atoms with Gasteiger partial charge >= 0.3 is 0 Å². The first-order valence-corrected chi connectivity index (χ1v) is 9.50. The van der Waals surface area contributed by atoms with Crippen LogP contribution in [-0.4, -0.2) is 27.6 Å². The number of carbonyl (C=O) groups excluding carboxylic acids is 2. The van der Waals surface area contributed by atoms with E-state index in [-0.39, 0.29) is 0 Å². The number of halogens is 3. The Morgan fingerprint density at radius 3 is 2.53 bits per heavy atom. The third-order valence-corrected chi connectivity index (χ3v) is 5.38. The summed E-state index contributed by atoms with van der Waals surface area (Å²) in [6.07, 6.45) is 0. The number of rotatable bonds is 3. The van der Waals surface area contributed by atoms with Crippen LogP contribution in [-0.2, 0) is 11.8 Å². The van der Waals surface area contributed by atoms with Crippen LogP contribution in [0, 0.1) is 18.6 Å². The maximum atomic E-state index is 14.0. The highest BCUT2D eigenvalue weighted by molar-refractivity contribution is 6.30. The second-order valence-corrected chi connectivity index (χ2v) is 7.51. The van der Waals surface area contributed by atoms with Gasteiger partial charge in [0.25, 0.3) is 5.91 Å². The van der Waals surface area contributed by atoms with Crippen molar-refractivity contribution < 1.29 is 18.4 Å². The van der Waals surface area contributed by atoms with Crippen molar-refractivity contribution in [3.05, 3.63) is 81.5 Å². The zero-order valence-corrected chi connectivity index (χ0v) is 16.8. The molecule has 2 amide bonds. The van der Waals surface area contributed by atoms with Crippen molar-refractivity contribution in [2.45, 2.75) is 18.9 Å². The standard InChI is InChI=1S/C21H17ClF2N4O2/c1-10-16-17(12-5-8-14(23)15(24)9-12)18(21(30)26-19(16)28(2)27-10)25-20(29)11-3-6-13(22)7-4-11/h3-9,17-18H,1-2H3,(H,25,29)(H,26,30)/t17-,18+/m1/s1. The normalized spacial score (nSPS) is 18.0. The number of hydrogen-bond acceptors (Lipinski definition) is 3. The summed E-state index contributed by atoms with van der Waals surface area (Å²) in [4.78, 5) is 25.7. The van der Waals surface area contributed by atoms with E-state index in [4.69, 9.17) is 11.6 Å². The molecule has 1 aromatic heterocycles. The van der Waals surface area contributed by atoms with Gasteiger partial charge in [0.05, 0.1) is 5.69 Å². The summed E-state index contributed by atoms with van der Waals surface area (Å²) in [5.41, 5.74) is 1.89. The van der Waals surface area contributed by atoms with Crippen molar-refractivity contribution >= 4 is 29.2 Å². The fourth-order valence-corrected chi connectivity index (χ4v) is 3.87. The first-order valence-electron chi connectivity index (χ1n) is 9.12. The van der Waals surface area contributed by atoms with E-state index in [2.05, 4.69) is 15.7 Å². The number of aromatic nitrogens is 2. The topological polar surface area (TPSA) is 76.0 Å². The molecule has 4 rings (SSSR count). The summed E-state index contributed by atoms with van der Waals surface area (Å²) in [5, 5.41) is 10.3. The van der Waals surface area contributed by atoms with Crippen molar-refractivity contribution in [3.8, 4) is 0 Å². The van der Waals surface area contributed by atoms with Gasteiger partial charge in [0, 0.05) is 29.1 Å². The summed E-state index contributed by atoms with van der Waals surface area (Å²) in [5.74, 6) is -3.32. The zero-order chi connectivity index (χ0) is 21.6. The van der Waals surface area contributed by atoms with Crippen LogP contribution in [0.4, 0.5) is 14.6 Å². The monoisotopic (exact) mass is 430 g/mol. The highest BCUT2D eigenvalue weighted by Gasteiger charge is 2.41. The third-order valence-electron chi connectivity index (χ3n) is 5.13. The van der Waals surface area contributed by atoms with Crippen LogP contribution in [0.3, 0.4) is 0 Å². The summed E-state index contributed by atoms with van der Waals surface area (Å²) in [7, 11) is 1.67. The Hall–Kier alpha value is -3.26. The van der Waals surface area contributed by atoms with E-state index in [0.29, 0.717) is 33.2 Å². The van der Waals surface area contributed by atoms with Crippen LogP contribution < -0.4 is 10.6 Å². The Kier molecular flexibility index (Phi) is 5.03. The van der Waals surface area contributed by atoms with E-state index in [1.807, 2.05) is 0 Å². The molecule has 2 aromatic carbocycles. The molecule has 2 N–H and O–H groups in total. The average Bonchev–Trinajstić information content (AvgIpc) is 2.98. The first-order chi connectivity index (χ1) is 14.3. The van der Waals surface area contributed by atoms with Gasteiger partial charge in [-0.3, -0.25) is 14.3 Å². The lowest BCUT2D eigenvalue weighted by Gasteiger charge is -2.32. The molecular weight excluding hydrogens is 414 g/mol. The number of nitrogens with one attached hydrogen (secondary N) is 2. The van der Waals surface area contributed by atoms with Gasteiger partial charge in [0.2, 0.25) is 5.91 Å². The molecule has 9 heteroatoms. The highest BCUT2D eigenvalue weighted by atomic mass is 35.5. The first kappa shape index (κ1) is 20.0. The molecule has 2 heterocycles. The Morgan fingerprint density at radius 1 is 1.17 bits per heavy atom. The minimum Gasteiger partial charge on any atom is -0.339 e. The Bertz CT molecular complexity index is 1160. The molecular formula is C21H17ClF2N4O2. The van der Waals surface area contributed by atoms with Crippen LogP contribution in [0.25, 0.3) is 0 Å². The van der Waals surface area contributed by atoms with Crippen LogP contribution in [0.5, 0.6) is 0 Å². The molecule has 0 saturated carbocycles. The quantitative estimate of drug-likeness (QED) is 0.667. The molecule has 0 saturated heterocycles. The van der Waals surface area contributed by atoms with Gasteiger partial charge < -0.3 is 10.6 Å². The molecule has 0 radical (unpaired) electrons. The van der Waals surface area contributed by atoms with Crippen molar-refractivity contribution in [3.63, 3.8) is 0 Å². The molecule has 6 nitrogen and oxygen atoms in total. The lowest BCUT2D eigenvalue weighted by atomic mass is 9.81. The van der Waals surface area contributed by atoms with E-state index in [9.17, 15) is 18.4 Å². The lowest BCUT2D eigenvalue weighted by Crippen LogP contribution is -2.50. The van der Waals surface area contributed by atoms with E-state index in [1.54, 1.807) is 26.1 Å². The molecule has 3 aromatic rings. The lowest BCUT2D eigenvalue weighted by molar-refractivity contribution is -0.118. The number of aryl methyl sites for hydroxylation is 2. The minimum atomic E-state index is -1.06. The number of benzene rings is 2. The molecule has 2 atom stereocenters. The van der Waals surface area contributed by atoms with Gasteiger partial charge in [-0.1, -0.05) is 17.7 Å². The second-order valence-electron chi connectivity index (χ2n) is 7.07. The second kappa shape index (κ2) is 7.53. The fraction of sp³-hybridized carbons (Fsp3) is 0.190. The van der Waals surface area contributed by atoms with Crippen LogP contribution in [0.2, 0.25) is 5.02 Å². The van der Waals surface area contributed by atoms with Crippen LogP contribution in [0.1, 0.15) is 33.1 Å². The van der Waals surface area contributed by atoms with Crippen molar-refractivity contribution in [1.82, 2.24) is 15.1 Å². The van der Waals surface area contributed by atoms with Gasteiger partial charge in [-0.25, -0.2) is 8.78 Å². The average molecular weight is 431 g/mol. The largest absolute Gasteiger partial charge is 0.339 e. The van der Waals surface area contributed by atoms with Gasteiger partial charge in [0.1, 0.15) is 11.9 Å². The predicted molar refractivity (Wildman–Crippen MR) is 107 cm³/mol. The molecule has 30 heavy (non-hydrogen) atoms. The van der Waals surface area contributed by atoms with Crippen molar-refractivity contribution in [1.29, 1.82) is 0 Å². The van der Waals surface area contributed by atoms with E-state index < -0.39 is 35.4 Å². The van der Waals surface area contributed by atoms with E-state index in [1.165, 1.54) is 22.9 Å². The number of anilines is 1. The molecule has 0 fully saturated rings. The summed E-state index contributed by atoms with van der Waals surface area (Å²) in [6.45, 7) is 1.75. The number of amides is 2. The van der Waals surface area contributed by atoms with E-state index in [0.717, 1.165) is 12.1 Å². The van der Waals surface area contributed by atoms with Crippen molar-refractivity contribution in [2.24, 2.45) is 7.05 Å². The Balaban J connectivity index is 1.79. The van der Waals surface area contributed by atoms with Crippen LogP contribution >= 0.6 is 11.6 Å². The number of carbonyl (C=O) groups is 2. The van der Waals surface area contributed by atoms with Gasteiger partial charge in [-0.05, 0) is 48.9 Å². The molecule has 0 spiro atoms. The highest BCUT2D eigenvalue weighted by Crippen LogP contribution is 2.39. The van der Waals surface area contributed by atoms with Gasteiger partial charge in [-0.15, -0.1) is 0 Å². The van der Waals surface area contributed by atoms with Gasteiger partial charge in [-0.2, -0.15) is 5.10 Å². The zero-order valence-electron chi connectivity index (χ0n) is 16.0. The van der Waals surface area contributed by atoms with E-state index >= 15 is 0 Å². The number of fused-ring (bicyclic) bond motifs is 1. The minimum absolute atomic E-state index is 0.310. The van der Waals surface area contributed by atoms with Gasteiger partial charge in [0.15, 0.2) is 11.6 Å². The number of hydrogen-bond donors (Lipinski definition) is 2. The fourth-order valence-electron chi connectivity index (χ4n) is 3.75. The molecule has 1 aliphatic rings. The predicted octanol–water partition coefficient (Wildman–Crippen LogP) is 3.54. The molecule has 154 valence electrons. The third kappa shape index (κ3) is 3.43. The SMILES string of the molecule is Cc1nn(C)c2c1[C@@H](c1ccc(F)c(F)c1)[C@H](NC(=O)c1ccc(Cl)cc1)C(=O)N2. The molecule has 0 unspecified atom stereocenters. The molecule has 1 aliphatic heterocycles. The number of nitrogens with zero attached hydrogens (tertiary/aromatic N) is 2. The Labute approximate surface area is 175 Å². The summed E-state index contributed by atoms with van der Waals surface area (Å²) in [6, 6.07) is 8.57. The maximum Gasteiger partial charge on any atom is 0.251 e. The van der Waals surface area contributed by atoms with Crippen molar-refractivity contribution in [2.75, 3.05) is 5.32 Å². The molecule has 0 aliphatic carbocycles. The summed E-state index contributed by atoms with van der Waals surface area (Å²) >= 11 is 5.87. The van der Waals surface area contributed by atoms with Crippen LogP contribution in [0.15, 0.2) is 42.5 Å². The summed E-state index contributed by atoms with van der Waals surface area (Å²) < 4.78 is 29.0. The maximum absolute atomic E-state index is 14.0.